The van der Waals surface area contributed by atoms with E-state index < -0.39 is 0 Å². The van der Waals surface area contributed by atoms with Crippen molar-refractivity contribution in [2.75, 3.05) is 14.1 Å². The molecule has 0 radical (unpaired) electrons. The second-order valence-corrected chi connectivity index (χ2v) is 10.00. The molecule has 3 aliphatic rings. The normalized spacial score (nSPS) is 29.1. The Morgan fingerprint density at radius 1 is 0.735 bits per heavy atom. The van der Waals surface area contributed by atoms with Gasteiger partial charge in [0.05, 0.1) is 24.3 Å². The fraction of sp³-hybridized carbons (Fsp3) is 0.300. The minimum atomic E-state index is 0.114. The predicted octanol–water partition coefficient (Wildman–Crippen LogP) is 5.79. The molecule has 4 nitrogen and oxygen atoms in total. The molecule has 0 aromatic heterocycles. The lowest BCUT2D eigenvalue weighted by Gasteiger charge is -2.39. The molecule has 1 amide bonds. The first-order valence-electron chi connectivity index (χ1n) is 12.2. The van der Waals surface area contributed by atoms with Gasteiger partial charge in [-0.1, -0.05) is 85.8 Å². The number of hydrogen-bond acceptors (Lipinski definition) is 3. The smallest absolute Gasteiger partial charge is 0.258 e. The largest absolute Gasteiger partial charge is 0.307 e. The Labute approximate surface area is 202 Å². The van der Waals surface area contributed by atoms with Gasteiger partial charge in [-0.15, -0.1) is 0 Å². The van der Waals surface area contributed by atoms with Crippen molar-refractivity contribution in [3.05, 3.63) is 119 Å². The number of amides is 1. The molecule has 1 fully saturated rings. The lowest BCUT2D eigenvalue weighted by atomic mass is 9.86. The maximum absolute atomic E-state index is 13.3. The Morgan fingerprint density at radius 2 is 1.26 bits per heavy atom. The summed E-state index contributed by atoms with van der Waals surface area (Å²) >= 11 is 0. The lowest BCUT2D eigenvalue weighted by molar-refractivity contribution is 0.0761. The van der Waals surface area contributed by atoms with Crippen LogP contribution in [0.2, 0.25) is 0 Å². The summed E-state index contributed by atoms with van der Waals surface area (Å²) in [7, 11) is 4.48. The number of fused-ring (bicyclic) bond motifs is 3. The molecule has 0 bridgehead atoms. The minimum absolute atomic E-state index is 0.114. The fourth-order valence-corrected chi connectivity index (χ4v) is 6.52. The number of benzene rings is 3. The highest BCUT2D eigenvalue weighted by atomic mass is 16.2. The van der Waals surface area contributed by atoms with Crippen LogP contribution in [-0.4, -0.2) is 40.9 Å². The van der Waals surface area contributed by atoms with Crippen LogP contribution in [-0.2, 0) is 0 Å². The van der Waals surface area contributed by atoms with Crippen molar-refractivity contribution in [3.63, 3.8) is 0 Å². The van der Waals surface area contributed by atoms with E-state index in [1.54, 1.807) is 0 Å². The van der Waals surface area contributed by atoms with Crippen molar-refractivity contribution in [1.29, 1.82) is 0 Å². The predicted molar refractivity (Wildman–Crippen MR) is 135 cm³/mol. The van der Waals surface area contributed by atoms with Crippen molar-refractivity contribution in [3.8, 4) is 0 Å². The SMILES string of the molecule is CC1CC2c3ccccc3C(=O)N2C=C1C1N(C)C(c2ccccc2)C(c2ccccc2)N1C. The Hall–Kier alpha value is -3.21. The number of likely N-dealkylation sites (N-methyl/N-ethyl adjacent to an activating group) is 2. The molecule has 1 saturated heterocycles. The maximum Gasteiger partial charge on any atom is 0.258 e. The van der Waals surface area contributed by atoms with Gasteiger partial charge < -0.3 is 4.90 Å². The zero-order chi connectivity index (χ0) is 23.4. The molecule has 3 aromatic rings. The highest BCUT2D eigenvalue weighted by Crippen LogP contribution is 2.51. The van der Waals surface area contributed by atoms with Gasteiger partial charge in [0.15, 0.2) is 0 Å². The zero-order valence-electron chi connectivity index (χ0n) is 20.0. The summed E-state index contributed by atoms with van der Waals surface area (Å²) in [5.74, 6) is 0.508. The number of nitrogens with zero attached hydrogens (tertiary/aromatic N) is 3. The Bertz CT molecular complexity index is 1190. The first-order chi connectivity index (χ1) is 16.6. The molecule has 34 heavy (non-hydrogen) atoms. The molecule has 0 N–H and O–H groups in total. The van der Waals surface area contributed by atoms with Gasteiger partial charge in [0.2, 0.25) is 0 Å². The minimum Gasteiger partial charge on any atom is -0.307 e. The van der Waals surface area contributed by atoms with Crippen LogP contribution in [0.5, 0.6) is 0 Å². The monoisotopic (exact) mass is 449 g/mol. The van der Waals surface area contributed by atoms with E-state index in [9.17, 15) is 4.79 Å². The van der Waals surface area contributed by atoms with Gasteiger partial charge in [-0.3, -0.25) is 14.6 Å². The summed E-state index contributed by atoms with van der Waals surface area (Å²) in [6.45, 7) is 2.32. The molecule has 0 spiro atoms. The second kappa shape index (κ2) is 8.23. The van der Waals surface area contributed by atoms with Gasteiger partial charge in [0.25, 0.3) is 5.91 Å². The molecule has 0 aliphatic carbocycles. The molecule has 6 rings (SSSR count). The third-order valence-corrected chi connectivity index (χ3v) is 8.08. The quantitative estimate of drug-likeness (QED) is 0.506. The van der Waals surface area contributed by atoms with E-state index >= 15 is 0 Å². The molecule has 3 heterocycles. The number of rotatable bonds is 3. The summed E-state index contributed by atoms with van der Waals surface area (Å²) in [4.78, 5) is 20.3. The summed E-state index contributed by atoms with van der Waals surface area (Å²) in [5, 5.41) is 0. The average Bonchev–Trinajstić information content (AvgIpc) is 3.29. The molecule has 0 saturated carbocycles. The van der Waals surface area contributed by atoms with Crippen LogP contribution in [0.4, 0.5) is 0 Å². The average molecular weight is 450 g/mol. The van der Waals surface area contributed by atoms with Gasteiger partial charge in [0, 0.05) is 11.8 Å². The van der Waals surface area contributed by atoms with E-state index in [0.717, 1.165) is 12.0 Å². The van der Waals surface area contributed by atoms with Crippen LogP contribution < -0.4 is 0 Å². The molecule has 4 atom stereocenters. The van der Waals surface area contributed by atoms with Gasteiger partial charge in [-0.2, -0.15) is 0 Å². The zero-order valence-corrected chi connectivity index (χ0v) is 20.0. The molecule has 4 unspecified atom stereocenters. The second-order valence-electron chi connectivity index (χ2n) is 10.00. The van der Waals surface area contributed by atoms with E-state index in [4.69, 9.17) is 0 Å². The highest BCUT2D eigenvalue weighted by Gasteiger charge is 2.49. The topological polar surface area (TPSA) is 26.8 Å². The maximum atomic E-state index is 13.3. The fourth-order valence-electron chi connectivity index (χ4n) is 6.52. The molecule has 4 heteroatoms. The summed E-state index contributed by atoms with van der Waals surface area (Å²) in [5.41, 5.74) is 5.99. The van der Waals surface area contributed by atoms with Crippen LogP contribution in [0.25, 0.3) is 0 Å². The van der Waals surface area contributed by atoms with Gasteiger partial charge in [-0.25, -0.2) is 0 Å². The molecular weight excluding hydrogens is 418 g/mol. The van der Waals surface area contributed by atoms with E-state index in [2.05, 4.69) is 104 Å². The summed E-state index contributed by atoms with van der Waals surface area (Å²) < 4.78 is 0. The molecular formula is C30H31N3O. The molecule has 3 aliphatic heterocycles. The third kappa shape index (κ3) is 3.17. The van der Waals surface area contributed by atoms with Gasteiger partial charge in [-0.05, 0) is 54.8 Å². The number of carbonyl (C=O) groups is 1. The third-order valence-electron chi connectivity index (χ3n) is 8.08. The van der Waals surface area contributed by atoms with E-state index in [1.165, 1.54) is 22.3 Å². The van der Waals surface area contributed by atoms with Crippen molar-refractivity contribution in [1.82, 2.24) is 14.7 Å². The summed E-state index contributed by atoms with van der Waals surface area (Å²) in [6, 6.07) is 30.3. The van der Waals surface area contributed by atoms with Crippen molar-refractivity contribution in [2.45, 2.75) is 37.6 Å². The summed E-state index contributed by atoms with van der Waals surface area (Å²) in [6.07, 6.45) is 3.25. The lowest BCUT2D eigenvalue weighted by Crippen LogP contribution is -2.42. The van der Waals surface area contributed by atoms with Crippen LogP contribution in [0.1, 0.15) is 58.5 Å². The van der Waals surface area contributed by atoms with Gasteiger partial charge in [0.1, 0.15) is 0 Å². The number of hydrogen-bond donors (Lipinski definition) is 0. The molecule has 3 aromatic carbocycles. The van der Waals surface area contributed by atoms with E-state index in [-0.39, 0.29) is 30.2 Å². The first kappa shape index (κ1) is 21.3. The Kier molecular flexibility index (Phi) is 5.16. The Morgan fingerprint density at radius 3 is 1.85 bits per heavy atom. The van der Waals surface area contributed by atoms with Gasteiger partial charge >= 0.3 is 0 Å². The first-order valence-corrected chi connectivity index (χ1v) is 12.2. The van der Waals surface area contributed by atoms with E-state index in [0.29, 0.717) is 5.92 Å². The van der Waals surface area contributed by atoms with Crippen LogP contribution in [0, 0.1) is 5.92 Å². The van der Waals surface area contributed by atoms with Crippen molar-refractivity contribution < 1.29 is 4.79 Å². The van der Waals surface area contributed by atoms with Crippen LogP contribution in [0.15, 0.2) is 96.7 Å². The highest BCUT2D eigenvalue weighted by molar-refractivity contribution is 6.00. The Balaban J connectivity index is 1.43. The van der Waals surface area contributed by atoms with Crippen molar-refractivity contribution in [2.24, 2.45) is 5.92 Å². The van der Waals surface area contributed by atoms with Crippen LogP contribution in [0.3, 0.4) is 0 Å². The standard InChI is InChI=1S/C30H31N3O/c1-20-18-26-23-16-10-11-17-24(23)30(34)33(26)19-25(20)29-31(2)27(21-12-6-4-7-13-21)28(32(29)3)22-14-8-5-9-15-22/h4-17,19-20,26-29H,18H2,1-3H3. The van der Waals surface area contributed by atoms with Crippen molar-refractivity contribution >= 4 is 5.91 Å². The van der Waals surface area contributed by atoms with E-state index in [1.807, 2.05) is 23.1 Å². The van der Waals surface area contributed by atoms with Crippen LogP contribution >= 0.6 is 0 Å². The number of carbonyl (C=O) groups excluding carboxylic acids is 1. The molecule has 172 valence electrons.